The molecule has 1 aromatic carbocycles. The van der Waals surface area contributed by atoms with E-state index in [2.05, 4.69) is 5.32 Å². The number of carbonyl (C=O) groups excluding carboxylic acids is 3. The first-order valence-electron chi connectivity index (χ1n) is 8.73. The highest BCUT2D eigenvalue weighted by Gasteiger charge is 2.27. The quantitative estimate of drug-likeness (QED) is 0.632. The standard InChI is InChI=1S/C17H23N3O7S/c1-3-18-17(23)19-15(21)12(2)27-16(22)13-4-6-14(7-5-13)28(24,25)20-8-10-26-11-9-20/h4-7,12H,3,8-11H2,1-2H3,(H2,18,19,21,23)/t12-/m0/s1. The molecular formula is C17H23N3O7S. The summed E-state index contributed by atoms with van der Waals surface area (Å²) in [5.41, 5.74) is 0.0820. The summed E-state index contributed by atoms with van der Waals surface area (Å²) in [5.74, 6) is -1.58. The summed E-state index contributed by atoms with van der Waals surface area (Å²) in [7, 11) is -3.67. The van der Waals surface area contributed by atoms with Crippen molar-refractivity contribution in [3.63, 3.8) is 0 Å². The molecule has 1 heterocycles. The minimum absolute atomic E-state index is 0.0491. The molecule has 10 nitrogen and oxygen atoms in total. The molecule has 0 aliphatic carbocycles. The smallest absolute Gasteiger partial charge is 0.338 e. The Labute approximate surface area is 163 Å². The Hall–Kier alpha value is -2.50. The first kappa shape index (κ1) is 21.8. The fourth-order valence-electron chi connectivity index (χ4n) is 2.40. The van der Waals surface area contributed by atoms with Crippen LogP contribution in [-0.2, 0) is 24.3 Å². The van der Waals surface area contributed by atoms with Gasteiger partial charge < -0.3 is 14.8 Å². The molecule has 0 saturated carbocycles. The van der Waals surface area contributed by atoms with Crippen molar-refractivity contribution in [2.45, 2.75) is 24.8 Å². The first-order valence-corrected chi connectivity index (χ1v) is 10.2. The van der Waals surface area contributed by atoms with E-state index in [4.69, 9.17) is 9.47 Å². The third-order valence-electron chi connectivity index (χ3n) is 3.92. The van der Waals surface area contributed by atoms with E-state index < -0.39 is 34.0 Å². The van der Waals surface area contributed by atoms with Crippen LogP contribution in [0.25, 0.3) is 0 Å². The molecule has 0 radical (unpaired) electrons. The lowest BCUT2D eigenvalue weighted by molar-refractivity contribution is -0.127. The van der Waals surface area contributed by atoms with Crippen LogP contribution in [0.15, 0.2) is 29.2 Å². The molecule has 0 aromatic heterocycles. The number of hydrogen-bond acceptors (Lipinski definition) is 7. The number of carbonyl (C=O) groups is 3. The number of urea groups is 1. The van der Waals surface area contributed by atoms with Crippen molar-refractivity contribution in [3.8, 4) is 0 Å². The molecule has 2 N–H and O–H groups in total. The van der Waals surface area contributed by atoms with E-state index in [0.29, 0.717) is 19.8 Å². The highest BCUT2D eigenvalue weighted by molar-refractivity contribution is 7.89. The van der Waals surface area contributed by atoms with Gasteiger partial charge in [0.15, 0.2) is 6.10 Å². The Morgan fingerprint density at radius 2 is 1.79 bits per heavy atom. The van der Waals surface area contributed by atoms with Crippen molar-refractivity contribution in [1.82, 2.24) is 14.9 Å². The number of sulfonamides is 1. The lowest BCUT2D eigenvalue weighted by Crippen LogP contribution is -2.44. The van der Waals surface area contributed by atoms with Crippen LogP contribution in [0.3, 0.4) is 0 Å². The second-order valence-electron chi connectivity index (χ2n) is 5.94. The zero-order chi connectivity index (χ0) is 20.7. The Kier molecular flexibility index (Phi) is 7.49. The topological polar surface area (TPSA) is 131 Å². The molecule has 11 heteroatoms. The van der Waals surface area contributed by atoms with E-state index in [9.17, 15) is 22.8 Å². The van der Waals surface area contributed by atoms with Gasteiger partial charge >= 0.3 is 12.0 Å². The summed E-state index contributed by atoms with van der Waals surface area (Å²) in [6.07, 6.45) is -1.20. The summed E-state index contributed by atoms with van der Waals surface area (Å²) in [5, 5.41) is 4.43. The molecule has 0 spiro atoms. The Morgan fingerprint density at radius 3 is 2.36 bits per heavy atom. The first-order chi connectivity index (χ1) is 13.3. The molecule has 1 saturated heterocycles. The van der Waals surface area contributed by atoms with Gasteiger partial charge in [-0.15, -0.1) is 0 Å². The van der Waals surface area contributed by atoms with E-state index in [1.807, 2.05) is 5.32 Å². The number of morpholine rings is 1. The summed E-state index contributed by atoms with van der Waals surface area (Å²) < 4.78 is 36.6. The number of nitrogens with zero attached hydrogens (tertiary/aromatic N) is 1. The van der Waals surface area contributed by atoms with Gasteiger partial charge in [0.2, 0.25) is 10.0 Å². The number of imide groups is 1. The van der Waals surface area contributed by atoms with Crippen molar-refractivity contribution in [2.75, 3.05) is 32.8 Å². The van der Waals surface area contributed by atoms with Crippen LogP contribution in [0.4, 0.5) is 4.79 Å². The maximum absolute atomic E-state index is 12.6. The summed E-state index contributed by atoms with van der Waals surface area (Å²) in [6.45, 7) is 4.56. The van der Waals surface area contributed by atoms with Crippen molar-refractivity contribution < 1.29 is 32.3 Å². The van der Waals surface area contributed by atoms with Crippen molar-refractivity contribution in [1.29, 1.82) is 0 Å². The zero-order valence-electron chi connectivity index (χ0n) is 15.6. The lowest BCUT2D eigenvalue weighted by Gasteiger charge is -2.26. The van der Waals surface area contributed by atoms with Crippen molar-refractivity contribution >= 4 is 27.9 Å². The molecule has 154 valence electrons. The van der Waals surface area contributed by atoms with Gasteiger partial charge in [-0.25, -0.2) is 18.0 Å². The van der Waals surface area contributed by atoms with Gasteiger partial charge in [0.1, 0.15) is 0 Å². The predicted octanol–water partition coefficient (Wildman–Crippen LogP) is 0.0985. The number of esters is 1. The minimum Gasteiger partial charge on any atom is -0.449 e. The molecule has 2 rings (SSSR count). The summed E-state index contributed by atoms with van der Waals surface area (Å²) in [4.78, 5) is 35.3. The average molecular weight is 413 g/mol. The van der Waals surface area contributed by atoms with E-state index in [1.165, 1.54) is 35.5 Å². The van der Waals surface area contributed by atoms with Crippen LogP contribution in [0.2, 0.25) is 0 Å². The van der Waals surface area contributed by atoms with E-state index in [-0.39, 0.29) is 23.5 Å². The molecule has 1 aliphatic heterocycles. The highest BCUT2D eigenvalue weighted by atomic mass is 32.2. The molecule has 1 aromatic rings. The Morgan fingerprint density at radius 1 is 1.18 bits per heavy atom. The lowest BCUT2D eigenvalue weighted by atomic mass is 10.2. The molecule has 1 atom stereocenters. The molecule has 3 amide bonds. The number of rotatable bonds is 6. The number of hydrogen-bond donors (Lipinski definition) is 2. The van der Waals surface area contributed by atoms with Gasteiger partial charge in [0.05, 0.1) is 23.7 Å². The van der Waals surface area contributed by atoms with Crippen LogP contribution in [-0.4, -0.2) is 69.6 Å². The maximum atomic E-state index is 12.6. The van der Waals surface area contributed by atoms with Crippen LogP contribution >= 0.6 is 0 Å². The van der Waals surface area contributed by atoms with E-state index >= 15 is 0 Å². The molecule has 0 bridgehead atoms. The van der Waals surface area contributed by atoms with Gasteiger partial charge in [0.25, 0.3) is 5.91 Å². The van der Waals surface area contributed by atoms with Crippen LogP contribution in [0.1, 0.15) is 24.2 Å². The third-order valence-corrected chi connectivity index (χ3v) is 5.84. The number of nitrogens with one attached hydrogen (secondary N) is 2. The predicted molar refractivity (Wildman–Crippen MR) is 98.1 cm³/mol. The summed E-state index contributed by atoms with van der Waals surface area (Å²) >= 11 is 0. The highest BCUT2D eigenvalue weighted by Crippen LogP contribution is 2.18. The normalized spacial score (nSPS) is 16.1. The summed E-state index contributed by atoms with van der Waals surface area (Å²) in [6, 6.07) is 4.54. The Bertz CT molecular complexity index is 818. The number of benzene rings is 1. The van der Waals surface area contributed by atoms with Gasteiger partial charge in [-0.2, -0.15) is 4.31 Å². The molecule has 1 fully saturated rings. The molecule has 0 unspecified atom stereocenters. The SMILES string of the molecule is CCNC(=O)NC(=O)[C@H](C)OC(=O)c1ccc(S(=O)(=O)N2CCOCC2)cc1. The fourth-order valence-corrected chi connectivity index (χ4v) is 3.81. The maximum Gasteiger partial charge on any atom is 0.338 e. The monoisotopic (exact) mass is 413 g/mol. The van der Waals surface area contributed by atoms with Gasteiger partial charge in [-0.3, -0.25) is 10.1 Å². The Balaban J connectivity index is 1.99. The molecule has 1 aliphatic rings. The van der Waals surface area contributed by atoms with Gasteiger partial charge in [-0.1, -0.05) is 0 Å². The second-order valence-corrected chi connectivity index (χ2v) is 7.88. The minimum atomic E-state index is -3.67. The average Bonchev–Trinajstić information content (AvgIpc) is 2.68. The molecular weight excluding hydrogens is 390 g/mol. The van der Waals surface area contributed by atoms with Crippen LogP contribution in [0.5, 0.6) is 0 Å². The largest absolute Gasteiger partial charge is 0.449 e. The van der Waals surface area contributed by atoms with Crippen LogP contribution < -0.4 is 10.6 Å². The van der Waals surface area contributed by atoms with Crippen LogP contribution in [0, 0.1) is 0 Å². The van der Waals surface area contributed by atoms with Gasteiger partial charge in [-0.05, 0) is 38.1 Å². The van der Waals surface area contributed by atoms with E-state index in [1.54, 1.807) is 6.92 Å². The second kappa shape index (κ2) is 9.62. The number of amides is 3. The fraction of sp³-hybridized carbons (Fsp3) is 0.471. The number of ether oxygens (including phenoxy) is 2. The third kappa shape index (κ3) is 5.50. The van der Waals surface area contributed by atoms with E-state index in [0.717, 1.165) is 0 Å². The zero-order valence-corrected chi connectivity index (χ0v) is 16.5. The molecule has 28 heavy (non-hydrogen) atoms. The van der Waals surface area contributed by atoms with Gasteiger partial charge in [0, 0.05) is 19.6 Å². The van der Waals surface area contributed by atoms with Crippen molar-refractivity contribution in [3.05, 3.63) is 29.8 Å². The van der Waals surface area contributed by atoms with Crippen molar-refractivity contribution in [2.24, 2.45) is 0 Å².